The van der Waals surface area contributed by atoms with Crippen molar-refractivity contribution in [1.29, 1.82) is 0 Å². The van der Waals surface area contributed by atoms with Gasteiger partial charge in [0.2, 0.25) is 0 Å². The molecule has 32 heavy (non-hydrogen) atoms. The highest BCUT2D eigenvalue weighted by Crippen LogP contribution is 2.42. The van der Waals surface area contributed by atoms with E-state index in [1.807, 2.05) is 42.4 Å². The van der Waals surface area contributed by atoms with E-state index in [2.05, 4.69) is 27.2 Å². The number of rotatable bonds is 3. The molecule has 4 heterocycles. The number of aromatic nitrogens is 3. The molecule has 10 heteroatoms. The molecule has 3 aromatic rings. The number of amides is 1. The summed E-state index contributed by atoms with van der Waals surface area (Å²) in [4.78, 5) is 32.3. The molecule has 1 fully saturated rings. The van der Waals surface area contributed by atoms with E-state index in [9.17, 15) is 9.59 Å². The van der Waals surface area contributed by atoms with Gasteiger partial charge in [-0.05, 0) is 31.2 Å². The number of hydrogen-bond donors (Lipinski definition) is 2. The zero-order valence-electron chi connectivity index (χ0n) is 18.0. The molecule has 0 spiro atoms. The molecule has 1 aromatic carbocycles. The zero-order valence-corrected chi connectivity index (χ0v) is 18.0. The van der Waals surface area contributed by atoms with Gasteiger partial charge in [0, 0.05) is 73.9 Å². The molecule has 0 radical (unpaired) electrons. The number of esters is 1. The van der Waals surface area contributed by atoms with Crippen molar-refractivity contribution in [3.63, 3.8) is 0 Å². The third-order valence-electron chi connectivity index (χ3n) is 5.94. The zero-order chi connectivity index (χ0) is 22.4. The molecule has 1 unspecified atom stereocenters. The van der Waals surface area contributed by atoms with Crippen LogP contribution in [0.15, 0.2) is 36.7 Å². The van der Waals surface area contributed by atoms with Gasteiger partial charge < -0.3 is 20.7 Å². The quantitative estimate of drug-likeness (QED) is 0.458. The summed E-state index contributed by atoms with van der Waals surface area (Å²) in [6.45, 7) is 4.78. The molecule has 2 aliphatic heterocycles. The third-order valence-corrected chi connectivity index (χ3v) is 5.94. The van der Waals surface area contributed by atoms with E-state index in [1.165, 1.54) is 0 Å². The van der Waals surface area contributed by atoms with Crippen molar-refractivity contribution in [2.45, 2.75) is 25.6 Å². The Labute approximate surface area is 184 Å². The summed E-state index contributed by atoms with van der Waals surface area (Å²) in [5, 5.41) is 8.83. The number of nitrogens with zero attached hydrogens (tertiary/aromatic N) is 5. The number of benzene rings is 1. The Hall–Kier alpha value is -3.66. The van der Waals surface area contributed by atoms with Crippen LogP contribution in [0.5, 0.6) is 0 Å². The fourth-order valence-electron chi connectivity index (χ4n) is 4.58. The number of carbonyl (C=O) groups excluding carboxylic acids is 2. The maximum absolute atomic E-state index is 12.1. The van der Waals surface area contributed by atoms with Gasteiger partial charge in [-0.3, -0.25) is 14.4 Å². The molecule has 2 aliphatic rings. The van der Waals surface area contributed by atoms with Crippen molar-refractivity contribution in [3.8, 4) is 0 Å². The van der Waals surface area contributed by atoms with Gasteiger partial charge in [-0.2, -0.15) is 5.10 Å². The highest BCUT2D eigenvalue weighted by Gasteiger charge is 2.38. The molecule has 5 rings (SSSR count). The molecular weight excluding hydrogens is 410 g/mol. The van der Waals surface area contributed by atoms with Crippen molar-refractivity contribution in [2.75, 3.05) is 29.4 Å². The van der Waals surface area contributed by atoms with Crippen LogP contribution in [0.25, 0.3) is 10.9 Å². The Bertz CT molecular complexity index is 1210. The van der Waals surface area contributed by atoms with Gasteiger partial charge in [0.25, 0.3) is 0 Å². The number of anilines is 3. The monoisotopic (exact) mass is 435 g/mol. The van der Waals surface area contributed by atoms with Crippen molar-refractivity contribution in [2.24, 2.45) is 12.8 Å². The molecule has 166 valence electrons. The number of primary amides is 1. The Morgan fingerprint density at radius 2 is 2.12 bits per heavy atom. The first kappa shape index (κ1) is 20.3. The summed E-state index contributed by atoms with van der Waals surface area (Å²) in [7, 11) is 1.87. The number of fused-ring (bicyclic) bond motifs is 2. The lowest BCUT2D eigenvalue weighted by molar-refractivity contribution is -0.157. The standard InChI is InChI=1S/C22H25N7O3/c1-13-11-28(8-7-24-13)18-5-6-25-21-16(18)10-19(32-22(31)20(23)30)29(21)15-3-4-17-14(9-15)12-27(2)26-17/h3-6,9,12-13,19,24H,7-8,10-11H2,1-2H3,(H2,23,30)/t13-,19?/m1/s1. The first-order valence-electron chi connectivity index (χ1n) is 10.6. The Kier molecular flexibility index (Phi) is 4.93. The van der Waals surface area contributed by atoms with E-state index < -0.39 is 18.1 Å². The fraction of sp³-hybridized carbons (Fsp3) is 0.364. The van der Waals surface area contributed by atoms with Gasteiger partial charge >= 0.3 is 11.9 Å². The second-order valence-electron chi connectivity index (χ2n) is 8.28. The van der Waals surface area contributed by atoms with Gasteiger partial charge in [-0.1, -0.05) is 0 Å². The average molecular weight is 435 g/mol. The van der Waals surface area contributed by atoms with Crippen LogP contribution < -0.4 is 20.9 Å². The van der Waals surface area contributed by atoms with Crippen molar-refractivity contribution >= 4 is 40.0 Å². The predicted octanol–water partition coefficient (Wildman–Crippen LogP) is 0.815. The Balaban J connectivity index is 1.58. The summed E-state index contributed by atoms with van der Waals surface area (Å²) >= 11 is 0. The number of ether oxygens (including phenoxy) is 1. The number of carbonyl (C=O) groups is 2. The Morgan fingerprint density at radius 1 is 1.28 bits per heavy atom. The number of nitrogens with two attached hydrogens (primary N) is 1. The van der Waals surface area contributed by atoms with Gasteiger partial charge in [0.15, 0.2) is 6.23 Å². The van der Waals surface area contributed by atoms with Crippen LogP contribution in [0, 0.1) is 0 Å². The second kappa shape index (κ2) is 7.79. The van der Waals surface area contributed by atoms with E-state index >= 15 is 0 Å². The molecule has 1 saturated heterocycles. The predicted molar refractivity (Wildman–Crippen MR) is 120 cm³/mol. The molecule has 1 amide bonds. The highest BCUT2D eigenvalue weighted by atomic mass is 16.6. The molecular formula is C22H25N7O3. The van der Waals surface area contributed by atoms with Crippen molar-refractivity contribution in [3.05, 3.63) is 42.2 Å². The molecule has 2 atom stereocenters. The normalized spacial score (nSPS) is 20.4. The SMILES string of the molecule is C[C@@H]1CN(c2ccnc3c2CC(OC(=O)C(N)=O)N3c2ccc3nn(C)cc3c2)CCN1. The van der Waals surface area contributed by atoms with Crippen LogP contribution in [0.2, 0.25) is 0 Å². The number of hydrogen-bond acceptors (Lipinski definition) is 8. The summed E-state index contributed by atoms with van der Waals surface area (Å²) in [5.41, 5.74) is 8.87. The van der Waals surface area contributed by atoms with E-state index in [1.54, 1.807) is 10.9 Å². The van der Waals surface area contributed by atoms with Gasteiger partial charge in [0.1, 0.15) is 5.82 Å². The smallest absolute Gasteiger partial charge is 0.398 e. The van der Waals surface area contributed by atoms with Crippen LogP contribution in [0.1, 0.15) is 12.5 Å². The van der Waals surface area contributed by atoms with Crippen LogP contribution in [0.4, 0.5) is 17.2 Å². The summed E-state index contributed by atoms with van der Waals surface area (Å²) in [6.07, 6.45) is 3.37. The van der Waals surface area contributed by atoms with Crippen LogP contribution >= 0.6 is 0 Å². The minimum atomic E-state index is -1.12. The fourth-order valence-corrected chi connectivity index (χ4v) is 4.58. The maximum atomic E-state index is 12.1. The number of aryl methyl sites for hydroxylation is 1. The molecule has 10 nitrogen and oxygen atoms in total. The van der Waals surface area contributed by atoms with Gasteiger partial charge in [0.05, 0.1) is 5.52 Å². The topological polar surface area (TPSA) is 119 Å². The van der Waals surface area contributed by atoms with Crippen LogP contribution in [-0.2, 0) is 27.8 Å². The molecule has 0 bridgehead atoms. The number of piperazine rings is 1. The number of nitrogens with one attached hydrogen (secondary N) is 1. The van der Waals surface area contributed by atoms with E-state index in [-0.39, 0.29) is 0 Å². The summed E-state index contributed by atoms with van der Waals surface area (Å²) in [6, 6.07) is 8.16. The first-order chi connectivity index (χ1) is 15.4. The van der Waals surface area contributed by atoms with E-state index in [4.69, 9.17) is 10.5 Å². The Morgan fingerprint density at radius 3 is 2.91 bits per heavy atom. The minimum absolute atomic E-state index is 0.363. The van der Waals surface area contributed by atoms with Crippen LogP contribution in [-0.4, -0.2) is 58.5 Å². The average Bonchev–Trinajstić information content (AvgIpc) is 3.31. The van der Waals surface area contributed by atoms with Gasteiger partial charge in [-0.25, -0.2) is 9.78 Å². The molecule has 3 N–H and O–H groups in total. The van der Waals surface area contributed by atoms with Crippen molar-refractivity contribution in [1.82, 2.24) is 20.1 Å². The minimum Gasteiger partial charge on any atom is -0.434 e. The van der Waals surface area contributed by atoms with E-state index in [0.29, 0.717) is 18.3 Å². The largest absolute Gasteiger partial charge is 0.434 e. The lowest BCUT2D eigenvalue weighted by Gasteiger charge is -2.34. The highest BCUT2D eigenvalue weighted by molar-refractivity contribution is 6.31. The summed E-state index contributed by atoms with van der Waals surface area (Å²) in [5.74, 6) is -1.47. The van der Waals surface area contributed by atoms with Crippen molar-refractivity contribution < 1.29 is 14.3 Å². The lowest BCUT2D eigenvalue weighted by Crippen LogP contribution is -2.49. The first-order valence-corrected chi connectivity index (χ1v) is 10.6. The van der Waals surface area contributed by atoms with E-state index in [0.717, 1.165) is 47.5 Å². The third kappa shape index (κ3) is 3.52. The van der Waals surface area contributed by atoms with Gasteiger partial charge in [-0.15, -0.1) is 0 Å². The molecule has 0 aliphatic carbocycles. The second-order valence-corrected chi connectivity index (χ2v) is 8.28. The lowest BCUT2D eigenvalue weighted by atomic mass is 10.1. The van der Waals surface area contributed by atoms with Crippen LogP contribution in [0.3, 0.4) is 0 Å². The molecule has 2 aromatic heterocycles. The number of pyridine rings is 1. The molecule has 0 saturated carbocycles. The maximum Gasteiger partial charge on any atom is 0.398 e. The summed E-state index contributed by atoms with van der Waals surface area (Å²) < 4.78 is 7.27.